The van der Waals surface area contributed by atoms with Gasteiger partial charge < -0.3 is 9.42 Å². The van der Waals surface area contributed by atoms with Crippen LogP contribution in [0, 0.1) is 11.3 Å². The summed E-state index contributed by atoms with van der Waals surface area (Å²) in [4.78, 5) is 18.6. The molecule has 0 aliphatic carbocycles. The minimum Gasteiger partial charge on any atom is -0.340 e. The number of aromatic nitrogens is 2. The zero-order valence-corrected chi connectivity index (χ0v) is 18.1. The van der Waals surface area contributed by atoms with Crippen molar-refractivity contribution in [1.29, 1.82) is 5.26 Å². The third-order valence-corrected chi connectivity index (χ3v) is 7.61. The van der Waals surface area contributed by atoms with E-state index in [1.165, 1.54) is 28.6 Å². The number of carbonyl (C=O) groups excluding carboxylic acids is 1. The Hall–Kier alpha value is -3.07. The summed E-state index contributed by atoms with van der Waals surface area (Å²) >= 11 is 1.54. The highest BCUT2D eigenvalue weighted by atomic mass is 32.2. The van der Waals surface area contributed by atoms with E-state index in [4.69, 9.17) is 9.78 Å². The van der Waals surface area contributed by atoms with Crippen LogP contribution in [-0.4, -0.2) is 59.8 Å². The predicted molar refractivity (Wildman–Crippen MR) is 112 cm³/mol. The molecule has 0 N–H and O–H groups in total. The van der Waals surface area contributed by atoms with Gasteiger partial charge in [0.05, 0.1) is 16.5 Å². The van der Waals surface area contributed by atoms with Gasteiger partial charge in [0, 0.05) is 50.0 Å². The van der Waals surface area contributed by atoms with Gasteiger partial charge in [0.25, 0.3) is 0 Å². The lowest BCUT2D eigenvalue weighted by atomic mass is 10.2. The molecule has 160 valence electrons. The van der Waals surface area contributed by atoms with Gasteiger partial charge in [0.1, 0.15) is 0 Å². The molecule has 1 aromatic carbocycles. The van der Waals surface area contributed by atoms with Gasteiger partial charge in [0.2, 0.25) is 27.6 Å². The monoisotopic (exact) mass is 457 g/mol. The summed E-state index contributed by atoms with van der Waals surface area (Å²) < 4.78 is 32.2. The lowest BCUT2D eigenvalue weighted by molar-refractivity contribution is -0.132. The van der Waals surface area contributed by atoms with Crippen molar-refractivity contribution in [2.75, 3.05) is 26.2 Å². The van der Waals surface area contributed by atoms with E-state index < -0.39 is 10.0 Å². The van der Waals surface area contributed by atoms with Crippen LogP contribution >= 0.6 is 11.3 Å². The van der Waals surface area contributed by atoms with Gasteiger partial charge in [-0.3, -0.25) is 4.79 Å². The van der Waals surface area contributed by atoms with Crippen molar-refractivity contribution in [2.45, 2.75) is 17.7 Å². The summed E-state index contributed by atoms with van der Waals surface area (Å²) in [6.45, 7) is 1.07. The number of piperazine rings is 1. The smallest absolute Gasteiger partial charge is 0.243 e. The van der Waals surface area contributed by atoms with E-state index >= 15 is 0 Å². The summed E-state index contributed by atoms with van der Waals surface area (Å²) in [6, 6.07) is 9.69. The third kappa shape index (κ3) is 4.66. The third-order valence-electron chi connectivity index (χ3n) is 5.01. The lowest BCUT2D eigenvalue weighted by Gasteiger charge is -2.34. The van der Waals surface area contributed by atoms with Crippen LogP contribution in [0.5, 0.6) is 0 Å². The van der Waals surface area contributed by atoms with Crippen LogP contribution in [0.2, 0.25) is 0 Å². The number of sulfonamides is 1. The fraction of sp³-hybridized carbons (Fsp3) is 0.300. The second kappa shape index (κ2) is 8.97. The topological polar surface area (TPSA) is 120 Å². The zero-order valence-electron chi connectivity index (χ0n) is 16.5. The van der Waals surface area contributed by atoms with Crippen LogP contribution in [0.1, 0.15) is 17.9 Å². The molecule has 0 unspecified atom stereocenters. The first-order chi connectivity index (χ1) is 15.0. The Labute approximate surface area is 183 Å². The van der Waals surface area contributed by atoms with Crippen LogP contribution in [-0.2, 0) is 21.2 Å². The van der Waals surface area contributed by atoms with E-state index in [1.807, 2.05) is 22.9 Å². The summed E-state index contributed by atoms with van der Waals surface area (Å²) in [6.07, 6.45) is 0.549. The maximum Gasteiger partial charge on any atom is 0.243 e. The quantitative estimate of drug-likeness (QED) is 0.556. The van der Waals surface area contributed by atoms with Crippen molar-refractivity contribution >= 4 is 27.3 Å². The normalized spacial score (nSPS) is 15.0. The molecule has 9 nitrogen and oxygen atoms in total. The van der Waals surface area contributed by atoms with Crippen LogP contribution in [0.4, 0.5) is 0 Å². The van der Waals surface area contributed by atoms with Crippen molar-refractivity contribution in [3.8, 4) is 17.5 Å². The summed E-state index contributed by atoms with van der Waals surface area (Å²) in [5.41, 5.74) is 1.28. The maximum absolute atomic E-state index is 12.8. The van der Waals surface area contributed by atoms with Crippen molar-refractivity contribution < 1.29 is 17.7 Å². The lowest BCUT2D eigenvalue weighted by Crippen LogP contribution is -2.50. The molecule has 31 heavy (non-hydrogen) atoms. The highest BCUT2D eigenvalue weighted by Crippen LogP contribution is 2.20. The minimum absolute atomic E-state index is 0.0781. The zero-order chi connectivity index (χ0) is 21.8. The Morgan fingerprint density at radius 2 is 1.90 bits per heavy atom. The molecule has 1 aliphatic rings. The number of nitrogens with zero attached hydrogens (tertiary/aromatic N) is 5. The molecule has 3 aromatic rings. The van der Waals surface area contributed by atoms with Crippen LogP contribution < -0.4 is 0 Å². The van der Waals surface area contributed by atoms with Gasteiger partial charge in [-0.15, -0.1) is 0 Å². The van der Waals surface area contributed by atoms with E-state index in [9.17, 15) is 13.2 Å². The molecule has 2 aromatic heterocycles. The number of rotatable bonds is 6. The number of nitriles is 1. The highest BCUT2D eigenvalue weighted by molar-refractivity contribution is 7.89. The molecule has 0 radical (unpaired) electrons. The number of carbonyl (C=O) groups is 1. The first-order valence-corrected chi connectivity index (χ1v) is 12.0. The fourth-order valence-electron chi connectivity index (χ4n) is 3.27. The van der Waals surface area contributed by atoms with E-state index in [1.54, 1.807) is 16.2 Å². The van der Waals surface area contributed by atoms with E-state index in [0.29, 0.717) is 36.8 Å². The second-order valence-electron chi connectivity index (χ2n) is 6.94. The molecule has 0 spiro atoms. The number of benzene rings is 1. The van der Waals surface area contributed by atoms with E-state index in [0.717, 1.165) is 5.56 Å². The molecule has 1 fully saturated rings. The average Bonchev–Trinajstić information content (AvgIpc) is 3.49. The second-order valence-corrected chi connectivity index (χ2v) is 9.66. The Morgan fingerprint density at radius 3 is 2.55 bits per heavy atom. The SMILES string of the molecule is N#Cc1ccc(S(=O)(=O)N2CCN(C(=O)CCc3nc(-c4ccsc4)no3)CC2)cc1. The molecule has 1 saturated heterocycles. The largest absolute Gasteiger partial charge is 0.340 e. The molecule has 4 rings (SSSR count). The fourth-order valence-corrected chi connectivity index (χ4v) is 5.32. The maximum atomic E-state index is 12.8. The highest BCUT2D eigenvalue weighted by Gasteiger charge is 2.30. The Kier molecular flexibility index (Phi) is 6.13. The standard InChI is InChI=1S/C20H19N5O4S2/c21-13-15-1-3-17(4-2-15)31(27,28)25-10-8-24(9-11-25)19(26)6-5-18-22-20(23-29-18)16-7-12-30-14-16/h1-4,7,12,14H,5-6,8-11H2. The number of amides is 1. The van der Waals surface area contributed by atoms with E-state index in [2.05, 4.69) is 10.1 Å². The van der Waals surface area contributed by atoms with Crippen molar-refractivity contribution in [3.05, 3.63) is 52.5 Å². The first kappa shape index (κ1) is 21.2. The van der Waals surface area contributed by atoms with Crippen LogP contribution in [0.25, 0.3) is 11.4 Å². The van der Waals surface area contributed by atoms with Gasteiger partial charge in [-0.1, -0.05) is 5.16 Å². The van der Waals surface area contributed by atoms with Gasteiger partial charge in [-0.2, -0.15) is 25.9 Å². The molecular formula is C20H19N5O4S2. The first-order valence-electron chi connectivity index (χ1n) is 9.60. The number of hydrogen-bond acceptors (Lipinski definition) is 8. The van der Waals surface area contributed by atoms with E-state index in [-0.39, 0.29) is 30.3 Å². The van der Waals surface area contributed by atoms with Crippen molar-refractivity contribution in [2.24, 2.45) is 0 Å². The van der Waals surface area contributed by atoms with Gasteiger partial charge in [-0.05, 0) is 35.7 Å². The molecule has 0 atom stereocenters. The molecule has 0 bridgehead atoms. The molecule has 0 saturated carbocycles. The Morgan fingerprint density at radius 1 is 1.16 bits per heavy atom. The minimum atomic E-state index is -3.66. The van der Waals surface area contributed by atoms with Gasteiger partial charge in [-0.25, -0.2) is 8.42 Å². The molecule has 11 heteroatoms. The molecule has 3 heterocycles. The Bertz CT molecular complexity index is 1190. The van der Waals surface area contributed by atoms with Crippen molar-refractivity contribution in [1.82, 2.24) is 19.3 Å². The molecular weight excluding hydrogens is 438 g/mol. The summed E-state index contributed by atoms with van der Waals surface area (Å²) in [5, 5.41) is 16.6. The summed E-state index contributed by atoms with van der Waals surface area (Å²) in [5.74, 6) is 0.826. The summed E-state index contributed by atoms with van der Waals surface area (Å²) in [7, 11) is -3.66. The molecule has 1 aliphatic heterocycles. The van der Waals surface area contributed by atoms with Gasteiger partial charge >= 0.3 is 0 Å². The molecule has 1 amide bonds. The average molecular weight is 458 g/mol. The number of hydrogen-bond donors (Lipinski definition) is 0. The number of aryl methyl sites for hydroxylation is 1. The van der Waals surface area contributed by atoms with Crippen molar-refractivity contribution in [3.63, 3.8) is 0 Å². The van der Waals surface area contributed by atoms with Gasteiger partial charge in [0.15, 0.2) is 0 Å². The predicted octanol–water partition coefficient (Wildman–Crippen LogP) is 2.14. The van der Waals surface area contributed by atoms with Crippen LogP contribution in [0.3, 0.4) is 0 Å². The van der Waals surface area contributed by atoms with Crippen LogP contribution in [0.15, 0.2) is 50.5 Å². The number of thiophene rings is 1. The Balaban J connectivity index is 1.30.